The van der Waals surface area contributed by atoms with Gasteiger partial charge >= 0.3 is 0 Å². The Morgan fingerprint density at radius 3 is 2.41 bits per heavy atom. The molecule has 6 heteroatoms. The summed E-state index contributed by atoms with van der Waals surface area (Å²) in [5.74, 6) is -1.44. The molecule has 0 bridgehead atoms. The summed E-state index contributed by atoms with van der Waals surface area (Å²) in [7, 11) is 0. The monoisotopic (exact) mass is 307 g/mol. The smallest absolute Gasteiger partial charge is 0.149 e. The number of rotatable bonds is 3. The molecule has 1 saturated heterocycles. The zero-order valence-corrected chi connectivity index (χ0v) is 12.0. The van der Waals surface area contributed by atoms with E-state index in [1.54, 1.807) is 12.3 Å². The van der Waals surface area contributed by atoms with Crippen LogP contribution in [0.25, 0.3) is 0 Å². The minimum atomic E-state index is -0.578. The molecule has 1 aliphatic rings. The van der Waals surface area contributed by atoms with Crippen LogP contribution in [0.3, 0.4) is 0 Å². The van der Waals surface area contributed by atoms with Crippen LogP contribution in [-0.4, -0.2) is 36.1 Å². The molecule has 0 aliphatic carbocycles. The Morgan fingerprint density at radius 1 is 0.955 bits per heavy atom. The summed E-state index contributed by atoms with van der Waals surface area (Å²) >= 11 is 0. The molecule has 2 aromatic rings. The molecular formula is C16H16F3N3. The number of benzene rings is 1. The Balaban J connectivity index is 1.62. The van der Waals surface area contributed by atoms with Gasteiger partial charge in [0.1, 0.15) is 17.5 Å². The number of pyridine rings is 1. The molecule has 0 N–H and O–H groups in total. The van der Waals surface area contributed by atoms with E-state index in [2.05, 4.69) is 9.88 Å². The molecule has 2 heterocycles. The second-order valence-electron chi connectivity index (χ2n) is 5.29. The fraction of sp³-hybridized carbons (Fsp3) is 0.312. The van der Waals surface area contributed by atoms with Gasteiger partial charge in [-0.25, -0.2) is 13.2 Å². The highest BCUT2D eigenvalue weighted by Gasteiger charge is 2.20. The molecule has 0 unspecified atom stereocenters. The van der Waals surface area contributed by atoms with Gasteiger partial charge in [0.05, 0.1) is 11.4 Å². The van der Waals surface area contributed by atoms with Crippen molar-refractivity contribution in [2.24, 2.45) is 0 Å². The van der Waals surface area contributed by atoms with Crippen molar-refractivity contribution in [2.75, 3.05) is 31.1 Å². The van der Waals surface area contributed by atoms with Gasteiger partial charge in [-0.05, 0) is 24.3 Å². The lowest BCUT2D eigenvalue weighted by molar-refractivity contribution is 0.243. The van der Waals surface area contributed by atoms with Gasteiger partial charge < -0.3 is 4.90 Å². The predicted molar refractivity (Wildman–Crippen MR) is 78.0 cm³/mol. The molecule has 1 aliphatic heterocycles. The average Bonchev–Trinajstić information content (AvgIpc) is 2.51. The van der Waals surface area contributed by atoms with Crippen LogP contribution in [0.5, 0.6) is 0 Å². The minimum Gasteiger partial charge on any atom is -0.367 e. The molecule has 3 nitrogen and oxygen atoms in total. The summed E-state index contributed by atoms with van der Waals surface area (Å²) in [6, 6.07) is 6.57. The molecule has 1 aromatic heterocycles. The Labute approximate surface area is 127 Å². The highest BCUT2D eigenvalue weighted by molar-refractivity contribution is 5.48. The van der Waals surface area contributed by atoms with E-state index in [1.165, 1.54) is 18.2 Å². The van der Waals surface area contributed by atoms with Gasteiger partial charge in [0, 0.05) is 45.0 Å². The first-order valence-corrected chi connectivity index (χ1v) is 7.15. The lowest BCUT2D eigenvalue weighted by Crippen LogP contribution is -2.46. The van der Waals surface area contributed by atoms with Crippen molar-refractivity contribution in [3.05, 3.63) is 59.7 Å². The van der Waals surface area contributed by atoms with Crippen LogP contribution in [0.15, 0.2) is 36.5 Å². The summed E-state index contributed by atoms with van der Waals surface area (Å²) in [5, 5.41) is 0. The van der Waals surface area contributed by atoms with Gasteiger partial charge in [-0.2, -0.15) is 0 Å². The third-order valence-electron chi connectivity index (χ3n) is 3.83. The quantitative estimate of drug-likeness (QED) is 0.869. The highest BCUT2D eigenvalue weighted by Crippen LogP contribution is 2.22. The maximum Gasteiger partial charge on any atom is 0.149 e. The molecule has 0 spiro atoms. The zero-order chi connectivity index (χ0) is 15.5. The molecule has 1 aromatic carbocycles. The van der Waals surface area contributed by atoms with Gasteiger partial charge in [-0.3, -0.25) is 9.88 Å². The van der Waals surface area contributed by atoms with Gasteiger partial charge in [-0.1, -0.05) is 0 Å². The topological polar surface area (TPSA) is 19.4 Å². The summed E-state index contributed by atoms with van der Waals surface area (Å²) in [5.41, 5.74) is 0.828. The number of halogens is 3. The van der Waals surface area contributed by atoms with E-state index in [1.807, 2.05) is 4.90 Å². The normalized spacial score (nSPS) is 16.0. The van der Waals surface area contributed by atoms with Crippen molar-refractivity contribution in [3.63, 3.8) is 0 Å². The zero-order valence-electron chi connectivity index (χ0n) is 12.0. The summed E-state index contributed by atoms with van der Waals surface area (Å²) in [4.78, 5) is 7.99. The van der Waals surface area contributed by atoms with E-state index < -0.39 is 11.6 Å². The fourth-order valence-electron chi connectivity index (χ4n) is 2.63. The molecule has 0 atom stereocenters. The van der Waals surface area contributed by atoms with Crippen LogP contribution in [-0.2, 0) is 6.54 Å². The highest BCUT2D eigenvalue weighted by atomic mass is 19.1. The van der Waals surface area contributed by atoms with Crippen molar-refractivity contribution in [1.29, 1.82) is 0 Å². The number of hydrogen-bond acceptors (Lipinski definition) is 3. The molecular weight excluding hydrogens is 291 g/mol. The van der Waals surface area contributed by atoms with Crippen molar-refractivity contribution >= 4 is 5.69 Å². The lowest BCUT2D eigenvalue weighted by atomic mass is 10.2. The van der Waals surface area contributed by atoms with Crippen LogP contribution >= 0.6 is 0 Å². The Kier molecular flexibility index (Phi) is 4.29. The van der Waals surface area contributed by atoms with E-state index in [4.69, 9.17) is 0 Å². The fourth-order valence-corrected chi connectivity index (χ4v) is 2.63. The van der Waals surface area contributed by atoms with Crippen molar-refractivity contribution in [2.45, 2.75) is 6.54 Å². The van der Waals surface area contributed by atoms with E-state index in [9.17, 15) is 13.2 Å². The lowest BCUT2D eigenvalue weighted by Gasteiger charge is -2.36. The van der Waals surface area contributed by atoms with Crippen LogP contribution in [0, 0.1) is 17.5 Å². The van der Waals surface area contributed by atoms with E-state index >= 15 is 0 Å². The number of piperazine rings is 1. The van der Waals surface area contributed by atoms with E-state index in [-0.39, 0.29) is 5.82 Å². The Morgan fingerprint density at radius 2 is 1.73 bits per heavy atom. The first-order chi connectivity index (χ1) is 10.6. The van der Waals surface area contributed by atoms with Crippen molar-refractivity contribution in [3.8, 4) is 0 Å². The third-order valence-corrected chi connectivity index (χ3v) is 3.83. The molecule has 0 radical (unpaired) electrons. The Bertz CT molecular complexity index is 655. The van der Waals surface area contributed by atoms with Crippen LogP contribution in [0.2, 0.25) is 0 Å². The van der Waals surface area contributed by atoms with E-state index in [0.29, 0.717) is 44.1 Å². The molecule has 1 fully saturated rings. The standard InChI is InChI=1S/C16H16F3N3/c17-12-3-4-16(14(19)10-12)22-8-6-21(7-9-22)11-15-13(18)2-1-5-20-15/h1-5,10H,6-9,11H2. The third kappa shape index (κ3) is 3.22. The van der Waals surface area contributed by atoms with Gasteiger partial charge in [0.25, 0.3) is 0 Å². The molecule has 116 valence electrons. The van der Waals surface area contributed by atoms with E-state index in [0.717, 1.165) is 6.07 Å². The second kappa shape index (κ2) is 6.36. The largest absolute Gasteiger partial charge is 0.367 e. The number of aromatic nitrogens is 1. The molecule has 0 saturated carbocycles. The summed E-state index contributed by atoms with van der Waals surface area (Å²) in [6.45, 7) is 3.00. The minimum absolute atomic E-state index is 0.311. The molecule has 22 heavy (non-hydrogen) atoms. The van der Waals surface area contributed by atoms with Crippen LogP contribution in [0.1, 0.15) is 5.69 Å². The first kappa shape index (κ1) is 14.8. The number of anilines is 1. The average molecular weight is 307 g/mol. The Hall–Kier alpha value is -2.08. The number of hydrogen-bond donors (Lipinski definition) is 0. The first-order valence-electron chi connectivity index (χ1n) is 7.15. The van der Waals surface area contributed by atoms with Gasteiger partial charge in [0.15, 0.2) is 0 Å². The summed E-state index contributed by atoms with van der Waals surface area (Å²) in [6.07, 6.45) is 1.57. The van der Waals surface area contributed by atoms with Crippen molar-refractivity contribution < 1.29 is 13.2 Å². The summed E-state index contributed by atoms with van der Waals surface area (Å²) < 4.78 is 40.3. The van der Waals surface area contributed by atoms with Crippen LogP contribution < -0.4 is 4.90 Å². The second-order valence-corrected chi connectivity index (χ2v) is 5.29. The number of nitrogens with zero attached hydrogens (tertiary/aromatic N) is 3. The maximum absolute atomic E-state index is 13.8. The van der Waals surface area contributed by atoms with Gasteiger partial charge in [-0.15, -0.1) is 0 Å². The predicted octanol–water partition coefficient (Wildman–Crippen LogP) is 2.82. The maximum atomic E-state index is 13.8. The van der Waals surface area contributed by atoms with Crippen LogP contribution in [0.4, 0.5) is 18.9 Å². The van der Waals surface area contributed by atoms with Gasteiger partial charge in [0.2, 0.25) is 0 Å². The molecule has 0 amide bonds. The van der Waals surface area contributed by atoms with Crippen molar-refractivity contribution in [1.82, 2.24) is 9.88 Å². The SMILES string of the molecule is Fc1ccc(N2CCN(Cc3ncccc3F)CC2)c(F)c1. The molecule has 3 rings (SSSR count).